The molecule has 1 fully saturated rings. The molecular formula is C25H25ClF2N2O4S. The summed E-state index contributed by atoms with van der Waals surface area (Å²) in [7, 11) is -3.53. The molecule has 0 unspecified atom stereocenters. The molecule has 1 saturated carbocycles. The van der Waals surface area contributed by atoms with Crippen LogP contribution in [-0.4, -0.2) is 31.3 Å². The summed E-state index contributed by atoms with van der Waals surface area (Å²) in [6.07, 6.45) is 3.49. The van der Waals surface area contributed by atoms with E-state index < -0.39 is 27.4 Å². The van der Waals surface area contributed by atoms with Crippen molar-refractivity contribution in [2.45, 2.75) is 50.0 Å². The number of halogens is 3. The first-order valence-corrected chi connectivity index (χ1v) is 13.4. The number of nitrogens with one attached hydrogen (secondary N) is 1. The van der Waals surface area contributed by atoms with Crippen LogP contribution in [0.1, 0.15) is 48.2 Å². The maximum atomic E-state index is 14.5. The second-order valence-electron chi connectivity index (χ2n) is 8.82. The lowest BCUT2D eigenvalue weighted by atomic mass is 9.84. The standard InChI is InChI=1S/C25H25ClF2N2O4S/c1-15-22(24(30-34-15)23-20(26)6-3-7-21(23)28)25(31)29-18-5-2-4-16(14-18)12-13-35(32,33)19-10-8-17(27)9-11-19/h3,6-11,16,18H,2,4-5,12-14H2,1H3,(H,29,31)/t16-,18-/m0/s1. The van der Waals surface area contributed by atoms with E-state index in [4.69, 9.17) is 16.1 Å². The van der Waals surface area contributed by atoms with Gasteiger partial charge in [0, 0.05) is 6.04 Å². The van der Waals surface area contributed by atoms with Crippen molar-refractivity contribution in [1.29, 1.82) is 0 Å². The van der Waals surface area contributed by atoms with E-state index in [0.29, 0.717) is 12.8 Å². The molecule has 1 amide bonds. The molecule has 4 rings (SSSR count). The van der Waals surface area contributed by atoms with Crippen LogP contribution in [0.25, 0.3) is 11.3 Å². The number of carbonyl (C=O) groups excluding carboxylic acids is 1. The van der Waals surface area contributed by atoms with Crippen LogP contribution in [0.3, 0.4) is 0 Å². The molecule has 1 aromatic heterocycles. The average molecular weight is 523 g/mol. The zero-order valence-corrected chi connectivity index (χ0v) is 20.6. The number of carbonyl (C=O) groups is 1. The molecule has 186 valence electrons. The lowest BCUT2D eigenvalue weighted by Gasteiger charge is -2.29. The number of sulfone groups is 1. The Morgan fingerprint density at radius 1 is 1.17 bits per heavy atom. The first kappa shape index (κ1) is 25.3. The Bertz CT molecular complexity index is 1310. The number of hydrogen-bond acceptors (Lipinski definition) is 5. The van der Waals surface area contributed by atoms with E-state index in [1.165, 1.54) is 30.3 Å². The van der Waals surface area contributed by atoms with Gasteiger partial charge in [-0.25, -0.2) is 17.2 Å². The van der Waals surface area contributed by atoms with Crippen LogP contribution in [-0.2, 0) is 9.84 Å². The molecule has 6 nitrogen and oxygen atoms in total. The summed E-state index contributed by atoms with van der Waals surface area (Å²) >= 11 is 6.16. The van der Waals surface area contributed by atoms with Gasteiger partial charge in [-0.05, 0) is 68.5 Å². The molecular weight excluding hydrogens is 498 g/mol. The minimum Gasteiger partial charge on any atom is -0.360 e. The second kappa shape index (κ2) is 10.5. The van der Waals surface area contributed by atoms with Crippen LogP contribution >= 0.6 is 11.6 Å². The summed E-state index contributed by atoms with van der Waals surface area (Å²) < 4.78 is 58.0. The van der Waals surface area contributed by atoms with Gasteiger partial charge < -0.3 is 9.84 Å². The quantitative estimate of drug-likeness (QED) is 0.400. The Balaban J connectivity index is 1.42. The average Bonchev–Trinajstić information content (AvgIpc) is 3.19. The van der Waals surface area contributed by atoms with Crippen LogP contribution in [0.5, 0.6) is 0 Å². The van der Waals surface area contributed by atoms with Crippen LogP contribution in [0, 0.1) is 24.5 Å². The van der Waals surface area contributed by atoms with Gasteiger partial charge in [-0.3, -0.25) is 4.79 Å². The third-order valence-corrected chi connectivity index (χ3v) is 8.45. The Morgan fingerprint density at radius 3 is 2.63 bits per heavy atom. The summed E-state index contributed by atoms with van der Waals surface area (Å²) in [5.41, 5.74) is 0.169. The summed E-state index contributed by atoms with van der Waals surface area (Å²) in [5, 5.41) is 6.98. The van der Waals surface area contributed by atoms with Gasteiger partial charge in [0.2, 0.25) is 0 Å². The van der Waals surface area contributed by atoms with E-state index in [0.717, 1.165) is 31.4 Å². The molecule has 2 aromatic carbocycles. The lowest BCUT2D eigenvalue weighted by Crippen LogP contribution is -2.39. The number of benzene rings is 2. The van der Waals surface area contributed by atoms with Crippen molar-refractivity contribution >= 4 is 27.3 Å². The maximum Gasteiger partial charge on any atom is 0.257 e. The fourth-order valence-electron chi connectivity index (χ4n) is 4.56. The third-order valence-electron chi connectivity index (χ3n) is 6.37. The zero-order valence-electron chi connectivity index (χ0n) is 19.1. The van der Waals surface area contributed by atoms with Crippen molar-refractivity contribution in [2.75, 3.05) is 5.75 Å². The lowest BCUT2D eigenvalue weighted by molar-refractivity contribution is 0.0918. The molecule has 0 aliphatic heterocycles. The van der Waals surface area contributed by atoms with E-state index in [9.17, 15) is 22.0 Å². The predicted octanol–water partition coefficient (Wildman–Crippen LogP) is 5.73. The molecule has 0 radical (unpaired) electrons. The van der Waals surface area contributed by atoms with Crippen LogP contribution < -0.4 is 5.32 Å². The molecule has 1 N–H and O–H groups in total. The fourth-order valence-corrected chi connectivity index (χ4v) is 6.24. The van der Waals surface area contributed by atoms with Gasteiger partial charge in [0.1, 0.15) is 28.7 Å². The number of nitrogens with zero attached hydrogens (tertiary/aromatic N) is 1. The smallest absolute Gasteiger partial charge is 0.257 e. The van der Waals surface area contributed by atoms with Gasteiger partial charge in [0.05, 0.1) is 21.2 Å². The Hall–Kier alpha value is -2.78. The third kappa shape index (κ3) is 5.73. The molecule has 1 aliphatic rings. The molecule has 35 heavy (non-hydrogen) atoms. The van der Waals surface area contributed by atoms with E-state index in [2.05, 4.69) is 10.5 Å². The number of aryl methyl sites for hydroxylation is 1. The number of rotatable bonds is 7. The molecule has 1 heterocycles. The first-order valence-electron chi connectivity index (χ1n) is 11.4. The second-order valence-corrected chi connectivity index (χ2v) is 11.3. The Morgan fingerprint density at radius 2 is 1.91 bits per heavy atom. The molecule has 0 bridgehead atoms. The summed E-state index contributed by atoms with van der Waals surface area (Å²) in [6.45, 7) is 1.57. The highest BCUT2D eigenvalue weighted by molar-refractivity contribution is 7.91. The van der Waals surface area contributed by atoms with Crippen molar-refractivity contribution in [3.63, 3.8) is 0 Å². The zero-order chi connectivity index (χ0) is 25.2. The van der Waals surface area contributed by atoms with Gasteiger partial charge in [-0.1, -0.05) is 35.7 Å². The topological polar surface area (TPSA) is 89.3 Å². The van der Waals surface area contributed by atoms with Gasteiger partial charge in [0.25, 0.3) is 5.91 Å². The largest absolute Gasteiger partial charge is 0.360 e. The summed E-state index contributed by atoms with van der Waals surface area (Å²) in [6, 6.07) is 8.85. The highest BCUT2D eigenvalue weighted by atomic mass is 35.5. The number of aromatic nitrogens is 1. The highest BCUT2D eigenvalue weighted by Crippen LogP contribution is 2.34. The number of amides is 1. The van der Waals surface area contributed by atoms with Crippen molar-refractivity contribution in [3.05, 3.63) is 70.4 Å². The number of hydrogen-bond donors (Lipinski definition) is 1. The van der Waals surface area contributed by atoms with Crippen molar-refractivity contribution in [3.8, 4) is 11.3 Å². The highest BCUT2D eigenvalue weighted by Gasteiger charge is 2.29. The van der Waals surface area contributed by atoms with Gasteiger partial charge in [-0.15, -0.1) is 0 Å². The van der Waals surface area contributed by atoms with Crippen molar-refractivity contribution in [2.24, 2.45) is 5.92 Å². The van der Waals surface area contributed by atoms with Crippen molar-refractivity contribution < 1.29 is 26.5 Å². The molecule has 10 heteroatoms. The fraction of sp³-hybridized carbons (Fsp3) is 0.360. The van der Waals surface area contributed by atoms with Crippen LogP contribution in [0.15, 0.2) is 51.9 Å². The monoisotopic (exact) mass is 522 g/mol. The minimum atomic E-state index is -3.53. The Labute approximate surface area is 207 Å². The molecule has 0 saturated heterocycles. The van der Waals surface area contributed by atoms with Crippen LogP contribution in [0.2, 0.25) is 5.02 Å². The minimum absolute atomic E-state index is 0.00341. The maximum absolute atomic E-state index is 14.5. The van der Waals surface area contributed by atoms with Gasteiger partial charge in [-0.2, -0.15) is 0 Å². The SMILES string of the molecule is Cc1onc(-c2c(F)cccc2Cl)c1C(=O)N[C@H]1CCC[C@@H](CCS(=O)(=O)c2ccc(F)cc2)C1. The van der Waals surface area contributed by atoms with E-state index >= 15 is 0 Å². The van der Waals surface area contributed by atoms with Gasteiger partial charge >= 0.3 is 0 Å². The Kier molecular flexibility index (Phi) is 7.56. The molecule has 0 spiro atoms. The van der Waals surface area contributed by atoms with E-state index in [1.54, 1.807) is 6.92 Å². The van der Waals surface area contributed by atoms with Gasteiger partial charge in [0.15, 0.2) is 9.84 Å². The molecule has 2 atom stereocenters. The van der Waals surface area contributed by atoms with E-state index in [1.807, 2.05) is 0 Å². The summed E-state index contributed by atoms with van der Waals surface area (Å²) in [5.74, 6) is -1.24. The van der Waals surface area contributed by atoms with Crippen molar-refractivity contribution in [1.82, 2.24) is 10.5 Å². The molecule has 3 aromatic rings. The summed E-state index contributed by atoms with van der Waals surface area (Å²) in [4.78, 5) is 13.2. The molecule has 1 aliphatic carbocycles. The van der Waals surface area contributed by atoms with Crippen LogP contribution in [0.4, 0.5) is 8.78 Å². The van der Waals surface area contributed by atoms with E-state index in [-0.39, 0.29) is 50.2 Å². The first-order chi connectivity index (χ1) is 16.7. The normalized spacial score (nSPS) is 18.4. The predicted molar refractivity (Wildman–Crippen MR) is 128 cm³/mol.